The summed E-state index contributed by atoms with van der Waals surface area (Å²) in [6.07, 6.45) is 2.45. The summed E-state index contributed by atoms with van der Waals surface area (Å²) >= 11 is 0. The highest BCUT2D eigenvalue weighted by Gasteiger charge is 2.24. The molecule has 3 aromatic carbocycles. The molecule has 0 heterocycles. The number of carbonyl (C=O) groups excluding carboxylic acids is 2. The van der Waals surface area contributed by atoms with Gasteiger partial charge >= 0.3 is 0 Å². The van der Waals surface area contributed by atoms with Crippen LogP contribution in [0.4, 0.5) is 0 Å². The van der Waals surface area contributed by atoms with Crippen LogP contribution in [0.3, 0.4) is 0 Å². The molecule has 0 bridgehead atoms. The fraction of sp³-hybridized carbons (Fsp3) is 0.286. The Balaban J connectivity index is 1.67. The highest BCUT2D eigenvalue weighted by molar-refractivity contribution is 7.51. The van der Waals surface area contributed by atoms with Crippen LogP contribution < -0.4 is 11.1 Å². The van der Waals surface area contributed by atoms with Crippen molar-refractivity contribution in [3.63, 3.8) is 0 Å². The first-order valence-electron chi connectivity index (χ1n) is 11.6. The SMILES string of the molecule is CC(CC(N)=O)NC(=O)C(Cc1ccc(-c2ccccc2)cc1)CP(O)CCc1ccccc1. The number of benzene rings is 3. The minimum atomic E-state index is -1.31. The summed E-state index contributed by atoms with van der Waals surface area (Å²) in [7, 11) is -1.31. The zero-order valence-electron chi connectivity index (χ0n) is 19.6. The molecule has 6 heteroatoms. The molecule has 3 atom stereocenters. The average molecular weight is 477 g/mol. The third kappa shape index (κ3) is 8.40. The first-order chi connectivity index (χ1) is 16.4. The van der Waals surface area contributed by atoms with E-state index in [1.807, 2.05) is 60.7 Å². The lowest BCUT2D eigenvalue weighted by molar-refractivity contribution is -0.125. The van der Waals surface area contributed by atoms with Gasteiger partial charge < -0.3 is 15.9 Å². The Morgan fingerprint density at radius 3 is 2.09 bits per heavy atom. The molecule has 0 fully saturated rings. The van der Waals surface area contributed by atoms with E-state index >= 15 is 0 Å². The highest BCUT2D eigenvalue weighted by atomic mass is 31.1. The molecule has 0 aliphatic heterocycles. The maximum Gasteiger partial charge on any atom is 0.224 e. The van der Waals surface area contributed by atoms with Crippen molar-refractivity contribution >= 4 is 20.0 Å². The molecular weight excluding hydrogens is 443 g/mol. The molecule has 5 nitrogen and oxygen atoms in total. The topological polar surface area (TPSA) is 92.4 Å². The number of hydrogen-bond donors (Lipinski definition) is 3. The van der Waals surface area contributed by atoms with Crippen molar-refractivity contribution in [3.8, 4) is 11.1 Å². The summed E-state index contributed by atoms with van der Waals surface area (Å²) in [5.74, 6) is -0.986. The fourth-order valence-corrected chi connectivity index (χ4v) is 5.45. The van der Waals surface area contributed by atoms with E-state index in [0.717, 1.165) is 23.1 Å². The van der Waals surface area contributed by atoms with Crippen molar-refractivity contribution in [3.05, 3.63) is 96.1 Å². The second-order valence-electron chi connectivity index (χ2n) is 8.69. The quantitative estimate of drug-likeness (QED) is 0.336. The lowest BCUT2D eigenvalue weighted by Crippen LogP contribution is -2.41. The third-order valence-corrected chi connectivity index (χ3v) is 7.34. The normalized spacial score (nSPS) is 13.6. The maximum atomic E-state index is 13.1. The van der Waals surface area contributed by atoms with E-state index in [-0.39, 0.29) is 24.3 Å². The summed E-state index contributed by atoms with van der Waals surface area (Å²) in [6.45, 7) is 1.77. The zero-order valence-corrected chi connectivity index (χ0v) is 20.5. The number of rotatable bonds is 12. The van der Waals surface area contributed by atoms with Gasteiger partial charge in [-0.2, -0.15) is 0 Å². The van der Waals surface area contributed by atoms with Crippen LogP contribution in [-0.4, -0.2) is 35.1 Å². The summed E-state index contributed by atoms with van der Waals surface area (Å²) in [4.78, 5) is 35.1. The van der Waals surface area contributed by atoms with Crippen LogP contribution >= 0.6 is 8.15 Å². The van der Waals surface area contributed by atoms with Crippen molar-refractivity contribution in [2.75, 3.05) is 12.3 Å². The molecule has 0 aliphatic rings. The number of primary amides is 1. The summed E-state index contributed by atoms with van der Waals surface area (Å²) in [5, 5.41) is 2.91. The zero-order chi connectivity index (χ0) is 24.3. The van der Waals surface area contributed by atoms with Gasteiger partial charge in [0.05, 0.1) is 0 Å². The first-order valence-corrected chi connectivity index (χ1v) is 13.3. The van der Waals surface area contributed by atoms with Gasteiger partial charge in [0.1, 0.15) is 0 Å². The van der Waals surface area contributed by atoms with Crippen molar-refractivity contribution in [1.82, 2.24) is 5.32 Å². The molecule has 178 valence electrons. The Kier molecular flexibility index (Phi) is 9.81. The van der Waals surface area contributed by atoms with Crippen LogP contribution in [0.2, 0.25) is 0 Å². The van der Waals surface area contributed by atoms with Gasteiger partial charge in [-0.15, -0.1) is 0 Å². The molecule has 3 unspecified atom stereocenters. The lowest BCUT2D eigenvalue weighted by Gasteiger charge is -2.22. The predicted octanol–water partition coefficient (Wildman–Crippen LogP) is 4.52. The number of carbonyl (C=O) groups is 2. The Labute approximate surface area is 203 Å². The third-order valence-electron chi connectivity index (χ3n) is 5.74. The Morgan fingerprint density at radius 1 is 0.882 bits per heavy atom. The summed E-state index contributed by atoms with van der Waals surface area (Å²) < 4.78 is 0. The highest BCUT2D eigenvalue weighted by Crippen LogP contribution is 2.35. The second-order valence-corrected chi connectivity index (χ2v) is 10.5. The van der Waals surface area contributed by atoms with Gasteiger partial charge in [-0.05, 0) is 48.2 Å². The monoisotopic (exact) mass is 476 g/mol. The molecule has 0 saturated heterocycles. The number of amides is 2. The maximum absolute atomic E-state index is 13.1. The minimum absolute atomic E-state index is 0.0894. The Hall–Kier alpha value is -3.01. The first kappa shape index (κ1) is 25.6. The van der Waals surface area contributed by atoms with Crippen LogP contribution in [0.25, 0.3) is 11.1 Å². The number of aryl methyl sites for hydroxylation is 1. The molecule has 0 aromatic heterocycles. The van der Waals surface area contributed by atoms with Crippen molar-refractivity contribution in [2.24, 2.45) is 11.7 Å². The van der Waals surface area contributed by atoms with Crippen LogP contribution in [0, 0.1) is 5.92 Å². The Bertz CT molecular complexity index is 1040. The number of nitrogens with two attached hydrogens (primary N) is 1. The van der Waals surface area contributed by atoms with Crippen molar-refractivity contribution in [1.29, 1.82) is 0 Å². The average Bonchev–Trinajstić information content (AvgIpc) is 2.83. The fourth-order valence-electron chi connectivity index (χ4n) is 3.95. The second kappa shape index (κ2) is 13.0. The van der Waals surface area contributed by atoms with Gasteiger partial charge in [0.15, 0.2) is 0 Å². The molecule has 2 amide bonds. The standard InChI is InChI=1S/C28H33N2O3P/c1-21(18-27(29)31)30-28(32)26(20-34(33)17-16-22-8-4-2-5-9-22)19-23-12-14-25(15-13-23)24-10-6-3-7-11-24/h2-15,21,26,33H,16-20H2,1H3,(H2,29,31)(H,30,32). The van der Waals surface area contributed by atoms with Gasteiger partial charge in [-0.25, -0.2) is 0 Å². The molecule has 3 rings (SSSR count). The largest absolute Gasteiger partial charge is 0.374 e. The van der Waals surface area contributed by atoms with Crippen LogP contribution in [0.15, 0.2) is 84.9 Å². The van der Waals surface area contributed by atoms with Crippen molar-refractivity contribution in [2.45, 2.75) is 32.2 Å². The van der Waals surface area contributed by atoms with E-state index in [2.05, 4.69) is 29.6 Å². The van der Waals surface area contributed by atoms with E-state index in [0.29, 0.717) is 18.7 Å². The molecule has 0 aliphatic carbocycles. The summed E-state index contributed by atoms with van der Waals surface area (Å²) in [6, 6.07) is 28.1. The molecule has 4 N–H and O–H groups in total. The van der Waals surface area contributed by atoms with Gasteiger partial charge in [0, 0.05) is 32.7 Å². The minimum Gasteiger partial charge on any atom is -0.374 e. The molecule has 34 heavy (non-hydrogen) atoms. The van der Waals surface area contributed by atoms with Crippen molar-refractivity contribution < 1.29 is 14.5 Å². The van der Waals surface area contributed by atoms with E-state index in [9.17, 15) is 14.5 Å². The van der Waals surface area contributed by atoms with E-state index in [4.69, 9.17) is 5.73 Å². The van der Waals surface area contributed by atoms with Gasteiger partial charge in [-0.3, -0.25) is 9.59 Å². The Morgan fingerprint density at radius 2 is 1.47 bits per heavy atom. The molecule has 3 aromatic rings. The molecular formula is C28H33N2O3P. The van der Waals surface area contributed by atoms with Gasteiger partial charge in [-0.1, -0.05) is 84.9 Å². The van der Waals surface area contributed by atoms with Gasteiger partial charge in [0.2, 0.25) is 11.8 Å². The molecule has 0 saturated carbocycles. The summed E-state index contributed by atoms with van der Waals surface area (Å²) in [5.41, 5.74) is 9.75. The van der Waals surface area contributed by atoms with Crippen LogP contribution in [-0.2, 0) is 22.4 Å². The molecule has 0 radical (unpaired) electrons. The van der Waals surface area contributed by atoms with E-state index in [1.54, 1.807) is 6.92 Å². The van der Waals surface area contributed by atoms with E-state index in [1.165, 1.54) is 5.56 Å². The lowest BCUT2D eigenvalue weighted by atomic mass is 9.97. The van der Waals surface area contributed by atoms with Crippen LogP contribution in [0.5, 0.6) is 0 Å². The number of hydrogen-bond acceptors (Lipinski definition) is 3. The van der Waals surface area contributed by atoms with Gasteiger partial charge in [0.25, 0.3) is 0 Å². The van der Waals surface area contributed by atoms with Crippen LogP contribution in [0.1, 0.15) is 24.5 Å². The molecule has 0 spiro atoms. The van der Waals surface area contributed by atoms with E-state index < -0.39 is 14.1 Å². The predicted molar refractivity (Wildman–Crippen MR) is 140 cm³/mol. The number of nitrogens with one attached hydrogen (secondary N) is 1. The smallest absolute Gasteiger partial charge is 0.224 e.